The van der Waals surface area contributed by atoms with Gasteiger partial charge < -0.3 is 11.1 Å². The summed E-state index contributed by atoms with van der Waals surface area (Å²) in [5.74, 6) is 0.418. The molecule has 3 rings (SSSR count). The highest BCUT2D eigenvalue weighted by atomic mass is 79.9. The van der Waals surface area contributed by atoms with Crippen molar-refractivity contribution < 1.29 is 0 Å². The normalized spacial score (nSPS) is 17.6. The number of fused-ring (bicyclic) bond motifs is 1. The minimum Gasteiger partial charge on any atom is -0.333 e. The molecule has 0 saturated carbocycles. The third-order valence-electron chi connectivity index (χ3n) is 2.75. The van der Waals surface area contributed by atoms with Crippen LogP contribution >= 0.6 is 15.9 Å². The average molecular weight is 318 g/mol. The first kappa shape index (κ1) is 11.8. The standard InChI is InChI=1S/C11H8BrN7/c12-7-3-1-2-6(4-7)9-8(5-13)10(14)15-11-16-17-18-19(9)11/h1-4,10H,14H2,(H,15,16,18). The predicted octanol–water partition coefficient (Wildman–Crippen LogP) is 0.929. The van der Waals surface area contributed by atoms with Crippen molar-refractivity contribution in [1.82, 2.24) is 20.2 Å². The lowest BCUT2D eigenvalue weighted by Gasteiger charge is -2.23. The molecule has 1 aliphatic heterocycles. The van der Waals surface area contributed by atoms with Crippen LogP contribution in [0.25, 0.3) is 5.70 Å². The Morgan fingerprint density at radius 1 is 1.47 bits per heavy atom. The minimum atomic E-state index is -0.627. The fourth-order valence-corrected chi connectivity index (χ4v) is 2.34. The van der Waals surface area contributed by atoms with E-state index in [1.807, 2.05) is 24.3 Å². The summed E-state index contributed by atoms with van der Waals surface area (Å²) in [5, 5.41) is 23.5. The highest BCUT2D eigenvalue weighted by Crippen LogP contribution is 2.29. The number of nitrogens with zero attached hydrogens (tertiary/aromatic N) is 5. The molecule has 0 amide bonds. The van der Waals surface area contributed by atoms with Crippen LogP contribution in [0, 0.1) is 11.3 Å². The van der Waals surface area contributed by atoms with E-state index < -0.39 is 6.17 Å². The Morgan fingerprint density at radius 2 is 2.32 bits per heavy atom. The maximum absolute atomic E-state index is 9.30. The van der Waals surface area contributed by atoms with E-state index in [1.165, 1.54) is 4.68 Å². The summed E-state index contributed by atoms with van der Waals surface area (Å²) in [5.41, 5.74) is 7.71. The molecule has 0 aliphatic carbocycles. The first-order valence-electron chi connectivity index (χ1n) is 5.42. The largest absolute Gasteiger partial charge is 0.333 e. The van der Waals surface area contributed by atoms with Crippen LogP contribution in [0.4, 0.5) is 5.95 Å². The Balaban J connectivity index is 2.28. The van der Waals surface area contributed by atoms with Crippen molar-refractivity contribution in [3.63, 3.8) is 0 Å². The molecule has 94 valence electrons. The fourth-order valence-electron chi connectivity index (χ4n) is 1.94. The molecule has 0 bridgehead atoms. The lowest BCUT2D eigenvalue weighted by Crippen LogP contribution is -2.37. The zero-order valence-corrected chi connectivity index (χ0v) is 11.2. The van der Waals surface area contributed by atoms with Gasteiger partial charge in [-0.25, -0.2) is 0 Å². The topological polar surface area (TPSA) is 105 Å². The van der Waals surface area contributed by atoms with Crippen LogP contribution in [0.2, 0.25) is 0 Å². The Bertz CT molecular complexity index is 712. The highest BCUT2D eigenvalue weighted by Gasteiger charge is 2.27. The van der Waals surface area contributed by atoms with Crippen LogP contribution in [0.5, 0.6) is 0 Å². The molecule has 2 aromatic rings. The predicted molar refractivity (Wildman–Crippen MR) is 71.5 cm³/mol. The second-order valence-corrected chi connectivity index (χ2v) is 4.84. The lowest BCUT2D eigenvalue weighted by atomic mass is 10.0. The maximum Gasteiger partial charge on any atom is 0.249 e. The van der Waals surface area contributed by atoms with Gasteiger partial charge >= 0.3 is 0 Å². The van der Waals surface area contributed by atoms with Crippen molar-refractivity contribution in [2.45, 2.75) is 6.17 Å². The zero-order chi connectivity index (χ0) is 13.4. The molecular formula is C11H8BrN7. The van der Waals surface area contributed by atoms with Crippen LogP contribution in [0.3, 0.4) is 0 Å². The molecule has 1 aromatic carbocycles. The third kappa shape index (κ3) is 1.89. The number of hydrogen-bond donors (Lipinski definition) is 2. The number of halogens is 1. The van der Waals surface area contributed by atoms with E-state index in [9.17, 15) is 5.26 Å². The van der Waals surface area contributed by atoms with E-state index >= 15 is 0 Å². The smallest absolute Gasteiger partial charge is 0.249 e. The van der Waals surface area contributed by atoms with Gasteiger partial charge in [0.2, 0.25) is 5.95 Å². The van der Waals surface area contributed by atoms with Gasteiger partial charge in [0.05, 0.1) is 11.3 Å². The number of nitrogens with one attached hydrogen (secondary N) is 1. The summed E-state index contributed by atoms with van der Waals surface area (Å²) in [6.45, 7) is 0. The van der Waals surface area contributed by atoms with Crippen molar-refractivity contribution in [3.05, 3.63) is 39.9 Å². The highest BCUT2D eigenvalue weighted by molar-refractivity contribution is 9.10. The van der Waals surface area contributed by atoms with E-state index in [4.69, 9.17) is 5.73 Å². The first-order valence-corrected chi connectivity index (χ1v) is 6.21. The number of rotatable bonds is 1. The zero-order valence-electron chi connectivity index (χ0n) is 9.58. The van der Waals surface area contributed by atoms with Crippen molar-refractivity contribution in [2.24, 2.45) is 5.73 Å². The number of nitriles is 1. The van der Waals surface area contributed by atoms with Crippen molar-refractivity contribution >= 4 is 27.6 Å². The Morgan fingerprint density at radius 3 is 3.05 bits per heavy atom. The molecule has 19 heavy (non-hydrogen) atoms. The number of hydrogen-bond acceptors (Lipinski definition) is 6. The number of tetrazole rings is 1. The summed E-state index contributed by atoms with van der Waals surface area (Å²) in [7, 11) is 0. The maximum atomic E-state index is 9.30. The van der Waals surface area contributed by atoms with Gasteiger partial charge in [-0.2, -0.15) is 9.94 Å². The number of nitrogens with two attached hydrogens (primary N) is 1. The Kier molecular flexibility index (Phi) is 2.77. The molecule has 2 heterocycles. The van der Waals surface area contributed by atoms with E-state index in [1.54, 1.807) is 0 Å². The monoisotopic (exact) mass is 317 g/mol. The number of anilines is 1. The van der Waals surface area contributed by atoms with Crippen LogP contribution in [-0.2, 0) is 0 Å². The SMILES string of the molecule is N#CC1=C(c2cccc(Br)c2)n2nnnc2NC1N. The van der Waals surface area contributed by atoms with Crippen LogP contribution < -0.4 is 11.1 Å². The molecule has 1 aromatic heterocycles. The summed E-state index contributed by atoms with van der Waals surface area (Å²) in [6.07, 6.45) is -0.627. The molecule has 0 radical (unpaired) electrons. The first-order chi connectivity index (χ1) is 9.20. The molecule has 8 heteroatoms. The van der Waals surface area contributed by atoms with Crippen LogP contribution in [-0.4, -0.2) is 26.4 Å². The fraction of sp³-hybridized carbons (Fsp3) is 0.0909. The van der Waals surface area contributed by atoms with Gasteiger partial charge in [0.15, 0.2) is 0 Å². The number of benzene rings is 1. The van der Waals surface area contributed by atoms with Crippen molar-refractivity contribution in [2.75, 3.05) is 5.32 Å². The molecule has 1 atom stereocenters. The van der Waals surface area contributed by atoms with E-state index in [0.29, 0.717) is 17.2 Å². The lowest BCUT2D eigenvalue weighted by molar-refractivity contribution is 0.766. The molecular weight excluding hydrogens is 310 g/mol. The second kappa shape index (κ2) is 4.46. The van der Waals surface area contributed by atoms with Gasteiger partial charge in [0.25, 0.3) is 0 Å². The summed E-state index contributed by atoms with van der Waals surface area (Å²) in [4.78, 5) is 0. The van der Waals surface area contributed by atoms with Gasteiger partial charge in [-0.05, 0) is 22.6 Å². The van der Waals surface area contributed by atoms with Gasteiger partial charge in [0, 0.05) is 10.0 Å². The Hall–Kier alpha value is -2.24. The van der Waals surface area contributed by atoms with Gasteiger partial charge in [-0.3, -0.25) is 0 Å². The van der Waals surface area contributed by atoms with Crippen LogP contribution in [0.1, 0.15) is 5.56 Å². The van der Waals surface area contributed by atoms with E-state index in [2.05, 4.69) is 42.8 Å². The van der Waals surface area contributed by atoms with Gasteiger partial charge in [-0.1, -0.05) is 33.2 Å². The molecule has 7 nitrogen and oxygen atoms in total. The van der Waals surface area contributed by atoms with E-state index in [0.717, 1.165) is 10.0 Å². The second-order valence-electron chi connectivity index (χ2n) is 3.92. The Labute approximate surface area is 116 Å². The van der Waals surface area contributed by atoms with Crippen molar-refractivity contribution in [1.29, 1.82) is 5.26 Å². The number of aromatic nitrogens is 4. The van der Waals surface area contributed by atoms with Gasteiger partial charge in [0.1, 0.15) is 12.2 Å². The molecule has 3 N–H and O–H groups in total. The van der Waals surface area contributed by atoms with Gasteiger partial charge in [-0.15, -0.1) is 0 Å². The molecule has 0 saturated heterocycles. The quantitative estimate of drug-likeness (QED) is 0.810. The summed E-state index contributed by atoms with van der Waals surface area (Å²) >= 11 is 3.40. The van der Waals surface area contributed by atoms with Crippen molar-refractivity contribution in [3.8, 4) is 6.07 Å². The summed E-state index contributed by atoms with van der Waals surface area (Å²) < 4.78 is 2.38. The molecule has 1 unspecified atom stereocenters. The molecule has 0 fully saturated rings. The average Bonchev–Trinajstić information content (AvgIpc) is 2.84. The molecule has 0 spiro atoms. The molecule has 1 aliphatic rings. The summed E-state index contributed by atoms with van der Waals surface area (Å²) in [6, 6.07) is 9.65. The minimum absolute atomic E-state index is 0.387. The van der Waals surface area contributed by atoms with E-state index in [-0.39, 0.29) is 0 Å². The van der Waals surface area contributed by atoms with Crippen LogP contribution in [0.15, 0.2) is 34.3 Å². The third-order valence-corrected chi connectivity index (χ3v) is 3.24.